The maximum atomic E-state index is 12.5. The molecule has 1 amide bonds. The van der Waals surface area contributed by atoms with Crippen molar-refractivity contribution in [3.05, 3.63) is 94.8 Å². The summed E-state index contributed by atoms with van der Waals surface area (Å²) in [6, 6.07) is 18.2. The third-order valence-corrected chi connectivity index (χ3v) is 5.72. The van der Waals surface area contributed by atoms with E-state index in [-0.39, 0.29) is 11.7 Å². The van der Waals surface area contributed by atoms with E-state index in [9.17, 15) is 4.79 Å². The number of aromatic nitrogens is 5. The van der Waals surface area contributed by atoms with Crippen LogP contribution in [0.1, 0.15) is 21.5 Å². The summed E-state index contributed by atoms with van der Waals surface area (Å²) in [5.41, 5.74) is 11.0. The molecule has 0 aliphatic carbocycles. The Labute approximate surface area is 205 Å². The lowest BCUT2D eigenvalue weighted by Gasteiger charge is -2.09. The van der Waals surface area contributed by atoms with Crippen LogP contribution in [0.25, 0.3) is 22.9 Å². The Morgan fingerprint density at radius 2 is 1.91 bits per heavy atom. The Hall–Kier alpha value is -4.50. The number of carbonyl (C=O) groups is 1. The van der Waals surface area contributed by atoms with Crippen molar-refractivity contribution in [2.45, 2.75) is 13.5 Å². The second-order valence-electron chi connectivity index (χ2n) is 7.84. The highest BCUT2D eigenvalue weighted by molar-refractivity contribution is 6.30. The van der Waals surface area contributed by atoms with Gasteiger partial charge in [0.2, 0.25) is 0 Å². The van der Waals surface area contributed by atoms with E-state index in [2.05, 4.69) is 39.5 Å². The highest BCUT2D eigenvalue weighted by Crippen LogP contribution is 2.27. The van der Waals surface area contributed by atoms with Crippen LogP contribution in [0.15, 0.2) is 77.6 Å². The van der Waals surface area contributed by atoms with Crippen molar-refractivity contribution in [2.75, 3.05) is 11.1 Å². The van der Waals surface area contributed by atoms with Crippen LogP contribution in [0.2, 0.25) is 5.02 Å². The van der Waals surface area contributed by atoms with Crippen LogP contribution in [0, 0.1) is 6.92 Å². The molecule has 2 aromatic carbocycles. The summed E-state index contributed by atoms with van der Waals surface area (Å²) in [6.07, 6.45) is 2.97. The van der Waals surface area contributed by atoms with Crippen molar-refractivity contribution in [3.8, 4) is 22.9 Å². The van der Waals surface area contributed by atoms with Gasteiger partial charge in [-0.3, -0.25) is 9.48 Å². The zero-order chi connectivity index (χ0) is 24.4. The van der Waals surface area contributed by atoms with Crippen molar-refractivity contribution in [1.82, 2.24) is 24.9 Å². The molecule has 9 nitrogen and oxygen atoms in total. The number of nitrogen functional groups attached to an aromatic ring is 1. The second-order valence-corrected chi connectivity index (χ2v) is 8.27. The molecule has 3 heterocycles. The number of nitrogens with zero attached hydrogens (tertiary/aromatic N) is 5. The molecule has 3 N–H and O–H groups in total. The standard InChI is InChI=1S/C25H20ClN7O2/c1-15-4-2-3-5-17(15)14-33-22(19-10-11-35-32-19)12-20(31-33)24-28-13-21(23(27)30-24)29-25(34)16-6-8-18(26)9-7-16/h2-13H,14H2,1H3,(H,29,34)(H2,27,28,30). The normalized spacial score (nSPS) is 10.9. The van der Waals surface area contributed by atoms with Crippen molar-refractivity contribution < 1.29 is 9.32 Å². The number of anilines is 2. The van der Waals surface area contributed by atoms with E-state index in [1.54, 1.807) is 30.3 Å². The number of hydrogen-bond acceptors (Lipinski definition) is 7. The van der Waals surface area contributed by atoms with Crippen molar-refractivity contribution >= 4 is 29.0 Å². The lowest BCUT2D eigenvalue weighted by molar-refractivity contribution is 0.102. The molecule has 0 aliphatic heterocycles. The Morgan fingerprint density at radius 1 is 1.11 bits per heavy atom. The first kappa shape index (κ1) is 22.3. The van der Waals surface area contributed by atoms with Crippen LogP contribution in [0.3, 0.4) is 0 Å². The fourth-order valence-electron chi connectivity index (χ4n) is 3.56. The molecule has 3 aromatic heterocycles. The van der Waals surface area contributed by atoms with E-state index >= 15 is 0 Å². The zero-order valence-electron chi connectivity index (χ0n) is 18.6. The van der Waals surface area contributed by atoms with Gasteiger partial charge in [-0.2, -0.15) is 5.10 Å². The smallest absolute Gasteiger partial charge is 0.255 e. The maximum Gasteiger partial charge on any atom is 0.255 e. The molecule has 0 fully saturated rings. The fraction of sp³-hybridized carbons (Fsp3) is 0.0800. The number of nitrogens with two attached hydrogens (primary N) is 1. The molecule has 0 saturated heterocycles. The van der Waals surface area contributed by atoms with Crippen molar-refractivity contribution in [2.24, 2.45) is 0 Å². The summed E-state index contributed by atoms with van der Waals surface area (Å²) in [4.78, 5) is 21.3. The predicted molar refractivity (Wildman–Crippen MR) is 133 cm³/mol. The molecule has 0 atom stereocenters. The number of halogens is 1. The maximum absolute atomic E-state index is 12.5. The first-order valence-corrected chi connectivity index (χ1v) is 11.1. The highest BCUT2D eigenvalue weighted by atomic mass is 35.5. The van der Waals surface area contributed by atoms with Gasteiger partial charge in [0.05, 0.1) is 18.4 Å². The fourth-order valence-corrected chi connectivity index (χ4v) is 3.68. The minimum atomic E-state index is -0.347. The third kappa shape index (κ3) is 4.75. The first-order valence-electron chi connectivity index (χ1n) is 10.7. The van der Waals surface area contributed by atoms with Gasteiger partial charge in [0, 0.05) is 16.7 Å². The molecular formula is C25H20ClN7O2. The molecule has 5 rings (SSSR count). The Balaban J connectivity index is 1.44. The highest BCUT2D eigenvalue weighted by Gasteiger charge is 2.18. The van der Waals surface area contributed by atoms with Gasteiger partial charge in [0.1, 0.15) is 23.3 Å². The van der Waals surface area contributed by atoms with Crippen molar-refractivity contribution in [3.63, 3.8) is 0 Å². The topological polar surface area (TPSA) is 125 Å². The molecular weight excluding hydrogens is 466 g/mol. The van der Waals surface area contributed by atoms with Crippen LogP contribution >= 0.6 is 11.6 Å². The molecule has 174 valence electrons. The molecule has 0 spiro atoms. The van der Waals surface area contributed by atoms with Gasteiger partial charge in [-0.15, -0.1) is 0 Å². The van der Waals surface area contributed by atoms with Gasteiger partial charge in [-0.05, 0) is 48.4 Å². The molecule has 0 aliphatic rings. The lowest BCUT2D eigenvalue weighted by Crippen LogP contribution is -2.14. The number of hydrogen-bond donors (Lipinski definition) is 2. The van der Waals surface area contributed by atoms with Crippen LogP contribution in [0.5, 0.6) is 0 Å². The Morgan fingerprint density at radius 3 is 2.63 bits per heavy atom. The summed E-state index contributed by atoms with van der Waals surface area (Å²) in [6.45, 7) is 2.58. The largest absolute Gasteiger partial charge is 0.382 e. The predicted octanol–water partition coefficient (Wildman–Crippen LogP) is 4.84. The first-order chi connectivity index (χ1) is 17.0. The lowest BCUT2D eigenvalue weighted by atomic mass is 10.1. The van der Waals surface area contributed by atoms with E-state index in [0.717, 1.165) is 16.8 Å². The summed E-state index contributed by atoms with van der Waals surface area (Å²) in [5.74, 6) is 0.0922. The summed E-state index contributed by atoms with van der Waals surface area (Å²) in [7, 11) is 0. The number of rotatable bonds is 6. The van der Waals surface area contributed by atoms with Crippen LogP contribution in [-0.4, -0.2) is 30.8 Å². The number of carbonyl (C=O) groups excluding carboxylic acids is 1. The molecule has 35 heavy (non-hydrogen) atoms. The number of aryl methyl sites for hydroxylation is 1. The second kappa shape index (κ2) is 9.40. The Kier molecular flexibility index (Phi) is 5.99. The quantitative estimate of drug-likeness (QED) is 0.352. The Bertz CT molecular complexity index is 1500. The summed E-state index contributed by atoms with van der Waals surface area (Å²) < 4.78 is 6.86. The zero-order valence-corrected chi connectivity index (χ0v) is 19.4. The minimum absolute atomic E-state index is 0.119. The molecule has 5 aromatic rings. The average Bonchev–Trinajstić information content (AvgIpc) is 3.52. The molecule has 0 saturated carbocycles. The minimum Gasteiger partial charge on any atom is -0.382 e. The SMILES string of the molecule is Cc1ccccc1Cn1nc(-c2ncc(NC(=O)c3ccc(Cl)cc3)c(N)n2)cc1-c1ccon1. The van der Waals surface area contributed by atoms with Crippen molar-refractivity contribution in [1.29, 1.82) is 0 Å². The summed E-state index contributed by atoms with van der Waals surface area (Å²) >= 11 is 5.89. The molecule has 0 bridgehead atoms. The number of benzene rings is 2. The van der Waals surface area contributed by atoms with Gasteiger partial charge < -0.3 is 15.6 Å². The average molecular weight is 486 g/mol. The monoisotopic (exact) mass is 485 g/mol. The van der Waals surface area contributed by atoms with Gasteiger partial charge in [-0.1, -0.05) is 41.0 Å². The van der Waals surface area contributed by atoms with E-state index < -0.39 is 0 Å². The number of amides is 1. The van der Waals surface area contributed by atoms with Crippen LogP contribution < -0.4 is 11.1 Å². The van der Waals surface area contributed by atoms with Gasteiger partial charge in [-0.25, -0.2) is 9.97 Å². The number of nitrogens with one attached hydrogen (secondary N) is 1. The van der Waals surface area contributed by atoms with Crippen LogP contribution in [-0.2, 0) is 6.54 Å². The van der Waals surface area contributed by atoms with E-state index in [1.807, 2.05) is 22.9 Å². The molecule has 0 unspecified atom stereocenters. The third-order valence-electron chi connectivity index (χ3n) is 5.46. The molecule has 10 heteroatoms. The van der Waals surface area contributed by atoms with E-state index in [0.29, 0.717) is 40.0 Å². The van der Waals surface area contributed by atoms with Gasteiger partial charge in [0.25, 0.3) is 5.91 Å². The van der Waals surface area contributed by atoms with Gasteiger partial charge in [0.15, 0.2) is 11.6 Å². The molecule has 0 radical (unpaired) electrons. The van der Waals surface area contributed by atoms with Crippen LogP contribution in [0.4, 0.5) is 11.5 Å². The van der Waals surface area contributed by atoms with E-state index in [1.165, 1.54) is 12.5 Å². The summed E-state index contributed by atoms with van der Waals surface area (Å²) in [5, 5.41) is 12.0. The van der Waals surface area contributed by atoms with Gasteiger partial charge >= 0.3 is 0 Å². The van der Waals surface area contributed by atoms with E-state index in [4.69, 9.17) is 27.0 Å².